The zero-order valence-corrected chi connectivity index (χ0v) is 12.2. The third-order valence-corrected chi connectivity index (χ3v) is 1.28. The normalized spacial score (nSPS) is 10.6. The summed E-state index contributed by atoms with van der Waals surface area (Å²) in [5.74, 6) is 0. The Morgan fingerprint density at radius 1 is 1.25 bits per heavy atom. The molecule has 0 aliphatic heterocycles. The topological polar surface area (TPSA) is 12.4 Å². The zero-order valence-electron chi connectivity index (χ0n) is 12.2. The fourth-order valence-corrected chi connectivity index (χ4v) is 0.865. The average Bonchev–Trinajstić information content (AvgIpc) is 2.22. The lowest BCUT2D eigenvalue weighted by atomic mass is 10.2. The van der Waals surface area contributed by atoms with Crippen molar-refractivity contribution in [3.05, 3.63) is 36.0 Å². The molecular weight excluding hydrogens is 194 g/mol. The number of nitrogens with zero attached hydrogens (tertiary/aromatic N) is 1. The second-order valence-corrected chi connectivity index (χ2v) is 3.10. The quantitative estimate of drug-likeness (QED) is 0.354. The van der Waals surface area contributed by atoms with Gasteiger partial charge in [0.1, 0.15) is 0 Å². The van der Waals surface area contributed by atoms with Crippen LogP contribution in [0.25, 0.3) is 0 Å². The molecule has 0 saturated heterocycles. The highest BCUT2D eigenvalue weighted by Gasteiger charge is 1.79. The minimum absolute atomic E-state index is 1.06. The van der Waals surface area contributed by atoms with E-state index in [2.05, 4.69) is 30.6 Å². The van der Waals surface area contributed by atoms with Crippen LogP contribution in [0, 0.1) is 0 Å². The van der Waals surface area contributed by atoms with Gasteiger partial charge in [-0.3, -0.25) is 4.99 Å². The summed E-state index contributed by atoms with van der Waals surface area (Å²) >= 11 is 0. The Morgan fingerprint density at radius 2 is 1.75 bits per heavy atom. The predicted molar refractivity (Wildman–Crippen MR) is 79.4 cm³/mol. The first kappa shape index (κ1) is 20.3. The van der Waals surface area contributed by atoms with E-state index >= 15 is 0 Å². The van der Waals surface area contributed by atoms with E-state index in [0.717, 1.165) is 17.6 Å². The Labute approximate surface area is 103 Å². The van der Waals surface area contributed by atoms with E-state index in [0.29, 0.717) is 0 Å². The summed E-state index contributed by atoms with van der Waals surface area (Å²) < 4.78 is 0. The van der Waals surface area contributed by atoms with Gasteiger partial charge in [-0.15, -0.1) is 0 Å². The smallest absolute Gasteiger partial charge is 0.0277 e. The molecule has 0 spiro atoms. The van der Waals surface area contributed by atoms with Crippen molar-refractivity contribution in [3.8, 4) is 0 Å². The molecule has 0 radical (unpaired) electrons. The summed E-state index contributed by atoms with van der Waals surface area (Å²) in [7, 11) is 1.76. The highest BCUT2D eigenvalue weighted by molar-refractivity contribution is 5.78. The lowest BCUT2D eigenvalue weighted by Gasteiger charge is -1.88. The van der Waals surface area contributed by atoms with Gasteiger partial charge in [-0.25, -0.2) is 0 Å². The molecule has 0 rings (SSSR count). The van der Waals surface area contributed by atoms with Crippen LogP contribution in [0.2, 0.25) is 0 Å². The SMILES string of the molecule is C/C=C/CC.C=C(C)/C=C(/C)C=NC.CC. The average molecular weight is 223 g/mol. The second-order valence-electron chi connectivity index (χ2n) is 3.10. The fourth-order valence-electron chi connectivity index (χ4n) is 0.865. The van der Waals surface area contributed by atoms with Crippen molar-refractivity contribution in [2.75, 3.05) is 7.05 Å². The lowest BCUT2D eigenvalue weighted by molar-refractivity contribution is 1.22. The molecule has 0 bridgehead atoms. The van der Waals surface area contributed by atoms with Crippen LogP contribution >= 0.6 is 0 Å². The standard InChI is InChI=1S/C8H13N.C5H10.C2H6/c1-7(2)5-8(3)6-9-4;1-3-5-4-2;1-2/h5-6H,1H2,2-4H3;3,5H,4H2,1-2H3;1-2H3/b8-5-,9-6?;5-3+;. The van der Waals surface area contributed by atoms with Gasteiger partial charge in [-0.1, -0.05) is 51.2 Å². The maximum absolute atomic E-state index is 3.85. The van der Waals surface area contributed by atoms with E-state index in [4.69, 9.17) is 0 Å². The summed E-state index contributed by atoms with van der Waals surface area (Å²) in [6, 6.07) is 0. The number of aliphatic imine (C=N–C) groups is 1. The molecule has 0 amide bonds. The van der Waals surface area contributed by atoms with E-state index in [1.165, 1.54) is 0 Å². The molecule has 0 aromatic rings. The van der Waals surface area contributed by atoms with Gasteiger partial charge >= 0.3 is 0 Å². The summed E-state index contributed by atoms with van der Waals surface area (Å²) in [6.45, 7) is 15.9. The van der Waals surface area contributed by atoms with E-state index in [1.807, 2.05) is 46.9 Å². The lowest BCUT2D eigenvalue weighted by Crippen LogP contribution is -1.76. The Kier molecular flexibility index (Phi) is 24.7. The van der Waals surface area contributed by atoms with Gasteiger partial charge < -0.3 is 0 Å². The second kappa shape index (κ2) is 19.5. The van der Waals surface area contributed by atoms with Crippen molar-refractivity contribution in [1.82, 2.24) is 0 Å². The molecule has 0 heterocycles. The Bertz CT molecular complexity index is 220. The molecule has 0 aliphatic carbocycles. The number of hydrogen-bond donors (Lipinski definition) is 0. The van der Waals surface area contributed by atoms with Gasteiger partial charge in [-0.2, -0.15) is 0 Å². The molecule has 0 aromatic heterocycles. The van der Waals surface area contributed by atoms with Crippen LogP contribution in [-0.4, -0.2) is 13.3 Å². The van der Waals surface area contributed by atoms with Crippen LogP contribution in [0.3, 0.4) is 0 Å². The first-order valence-corrected chi connectivity index (χ1v) is 5.95. The molecule has 0 aliphatic rings. The molecule has 0 atom stereocenters. The minimum Gasteiger partial charge on any atom is -0.296 e. The molecule has 0 N–H and O–H groups in total. The third-order valence-electron chi connectivity index (χ3n) is 1.28. The van der Waals surface area contributed by atoms with Crippen LogP contribution in [0.5, 0.6) is 0 Å². The van der Waals surface area contributed by atoms with Gasteiger partial charge in [0, 0.05) is 13.3 Å². The van der Waals surface area contributed by atoms with Crippen molar-refractivity contribution in [2.24, 2.45) is 4.99 Å². The maximum atomic E-state index is 3.85. The van der Waals surface area contributed by atoms with Crippen LogP contribution in [-0.2, 0) is 0 Å². The van der Waals surface area contributed by atoms with E-state index in [-0.39, 0.29) is 0 Å². The highest BCUT2D eigenvalue weighted by Crippen LogP contribution is 1.95. The predicted octanol–water partition coefficient (Wildman–Crippen LogP) is 5.21. The monoisotopic (exact) mass is 223 g/mol. The van der Waals surface area contributed by atoms with Crippen molar-refractivity contribution in [2.45, 2.75) is 48.0 Å². The Hall–Kier alpha value is -1.11. The van der Waals surface area contributed by atoms with Crippen LogP contribution in [0.1, 0.15) is 48.0 Å². The minimum atomic E-state index is 1.06. The highest BCUT2D eigenvalue weighted by atomic mass is 14.6. The zero-order chi connectivity index (χ0) is 13.4. The van der Waals surface area contributed by atoms with Crippen molar-refractivity contribution >= 4 is 6.21 Å². The van der Waals surface area contributed by atoms with Gasteiger partial charge in [0.15, 0.2) is 0 Å². The number of allylic oxidation sites excluding steroid dienone is 5. The number of hydrogen-bond acceptors (Lipinski definition) is 1. The van der Waals surface area contributed by atoms with Crippen molar-refractivity contribution in [1.29, 1.82) is 0 Å². The first-order valence-electron chi connectivity index (χ1n) is 5.95. The van der Waals surface area contributed by atoms with Gasteiger partial charge in [0.05, 0.1) is 0 Å². The van der Waals surface area contributed by atoms with Gasteiger partial charge in [0.25, 0.3) is 0 Å². The molecule has 0 saturated carbocycles. The summed E-state index contributed by atoms with van der Waals surface area (Å²) in [4.78, 5) is 3.85. The third kappa shape index (κ3) is 29.3. The summed E-state index contributed by atoms with van der Waals surface area (Å²) in [5.41, 5.74) is 2.21. The fraction of sp³-hybridized carbons (Fsp3) is 0.533. The maximum Gasteiger partial charge on any atom is 0.0277 e. The molecule has 1 nitrogen and oxygen atoms in total. The van der Waals surface area contributed by atoms with Gasteiger partial charge in [0.2, 0.25) is 0 Å². The van der Waals surface area contributed by atoms with Crippen LogP contribution in [0.4, 0.5) is 0 Å². The molecule has 0 aromatic carbocycles. The van der Waals surface area contributed by atoms with E-state index in [1.54, 1.807) is 7.05 Å². The van der Waals surface area contributed by atoms with E-state index in [9.17, 15) is 0 Å². The van der Waals surface area contributed by atoms with Crippen molar-refractivity contribution < 1.29 is 0 Å². The van der Waals surface area contributed by atoms with Crippen molar-refractivity contribution in [3.63, 3.8) is 0 Å². The summed E-state index contributed by atoms with van der Waals surface area (Å²) in [6.07, 6.45) is 9.15. The largest absolute Gasteiger partial charge is 0.296 e. The van der Waals surface area contributed by atoms with Gasteiger partial charge in [-0.05, 0) is 32.8 Å². The van der Waals surface area contributed by atoms with E-state index < -0.39 is 0 Å². The van der Waals surface area contributed by atoms with Crippen LogP contribution < -0.4 is 0 Å². The molecule has 0 fully saturated rings. The molecule has 0 unspecified atom stereocenters. The molecule has 94 valence electrons. The molecular formula is C15H29N. The summed E-state index contributed by atoms with van der Waals surface area (Å²) in [5, 5.41) is 0. The Balaban J connectivity index is -0.000000205. The molecule has 16 heavy (non-hydrogen) atoms. The molecule has 1 heteroatoms. The first-order chi connectivity index (χ1) is 7.58. The van der Waals surface area contributed by atoms with Crippen LogP contribution in [0.15, 0.2) is 40.9 Å². The Morgan fingerprint density at radius 3 is 1.94 bits per heavy atom. The number of rotatable bonds is 3.